The molecule has 2 aromatic heterocycles. The first-order valence-electron chi connectivity index (χ1n) is 12.6. The molecule has 200 valence electrons. The van der Waals surface area contributed by atoms with Crippen LogP contribution >= 0.6 is 22.9 Å². The van der Waals surface area contributed by atoms with E-state index in [-0.39, 0.29) is 28.0 Å². The standard InChI is InChI=1S/C30H24ClN5O3S/c1-30(2,3)18-10-8-17(9-11-18)26-33-29-36(34-26)28(39)25(40-29)24-21-6-4-5-7-22(21)35(27(24)38)16-23(37)32-20-14-12-19(31)13-15-20/h4-15H,16H2,1-3H3,(H,32,37). The predicted octanol–water partition coefficient (Wildman–Crippen LogP) is 4.67. The van der Waals surface area contributed by atoms with Gasteiger partial charge in [0.1, 0.15) is 11.1 Å². The Morgan fingerprint density at radius 2 is 1.68 bits per heavy atom. The van der Waals surface area contributed by atoms with E-state index in [4.69, 9.17) is 11.6 Å². The molecule has 3 heterocycles. The summed E-state index contributed by atoms with van der Waals surface area (Å²) in [5.74, 6) is -0.357. The molecule has 0 radical (unpaired) electrons. The average molecular weight is 570 g/mol. The summed E-state index contributed by atoms with van der Waals surface area (Å²) >= 11 is 7.04. The van der Waals surface area contributed by atoms with E-state index in [9.17, 15) is 14.4 Å². The van der Waals surface area contributed by atoms with Gasteiger partial charge in [0.2, 0.25) is 10.9 Å². The van der Waals surface area contributed by atoms with Crippen molar-refractivity contribution in [2.75, 3.05) is 16.8 Å². The van der Waals surface area contributed by atoms with Crippen molar-refractivity contribution in [3.05, 3.63) is 104 Å². The first-order valence-corrected chi connectivity index (χ1v) is 13.8. The highest BCUT2D eigenvalue weighted by Gasteiger charge is 2.35. The lowest BCUT2D eigenvalue weighted by molar-refractivity contribution is -0.118. The van der Waals surface area contributed by atoms with E-state index in [1.165, 1.54) is 15.0 Å². The lowest BCUT2D eigenvalue weighted by atomic mass is 9.87. The Kier molecular flexibility index (Phi) is 6.28. The molecule has 1 aliphatic heterocycles. The van der Waals surface area contributed by atoms with Gasteiger partial charge in [0.25, 0.3) is 11.5 Å². The van der Waals surface area contributed by atoms with Gasteiger partial charge in [-0.15, -0.1) is 5.10 Å². The van der Waals surface area contributed by atoms with Crippen LogP contribution in [0, 0.1) is 0 Å². The Morgan fingerprint density at radius 1 is 0.975 bits per heavy atom. The van der Waals surface area contributed by atoms with Crippen molar-refractivity contribution < 1.29 is 9.59 Å². The molecular weight excluding hydrogens is 546 g/mol. The van der Waals surface area contributed by atoms with Gasteiger partial charge in [-0.05, 0) is 41.3 Å². The van der Waals surface area contributed by atoms with Crippen LogP contribution < -0.4 is 20.3 Å². The maximum Gasteiger partial charge on any atom is 0.291 e. The molecule has 0 saturated carbocycles. The van der Waals surface area contributed by atoms with Crippen LogP contribution in [0.5, 0.6) is 0 Å². The number of anilines is 2. The number of carbonyl (C=O) groups excluding carboxylic acids is 2. The molecule has 10 heteroatoms. The van der Waals surface area contributed by atoms with Crippen LogP contribution in [0.15, 0.2) is 77.6 Å². The largest absolute Gasteiger partial charge is 0.325 e. The van der Waals surface area contributed by atoms with Crippen molar-refractivity contribution in [1.29, 1.82) is 0 Å². The Hall–Kier alpha value is -4.34. The average Bonchev–Trinajstić information content (AvgIpc) is 3.56. The molecule has 0 atom stereocenters. The zero-order valence-corrected chi connectivity index (χ0v) is 23.5. The molecule has 5 aromatic rings. The van der Waals surface area contributed by atoms with E-state index in [1.807, 2.05) is 24.3 Å². The number of fused-ring (bicyclic) bond motifs is 2. The van der Waals surface area contributed by atoms with Crippen molar-refractivity contribution in [2.24, 2.45) is 0 Å². The molecule has 40 heavy (non-hydrogen) atoms. The number of nitrogens with zero attached hydrogens (tertiary/aromatic N) is 4. The molecule has 0 bridgehead atoms. The van der Waals surface area contributed by atoms with Crippen LogP contribution in [0.1, 0.15) is 31.9 Å². The molecule has 2 amide bonds. The third kappa shape index (κ3) is 4.57. The number of carbonyl (C=O) groups is 2. The lowest BCUT2D eigenvalue weighted by Crippen LogP contribution is -2.37. The number of rotatable bonds is 4. The second kappa shape index (κ2) is 9.69. The molecule has 3 aromatic carbocycles. The quantitative estimate of drug-likeness (QED) is 0.339. The third-order valence-electron chi connectivity index (χ3n) is 6.75. The van der Waals surface area contributed by atoms with Gasteiger partial charge in [-0.3, -0.25) is 19.3 Å². The molecule has 8 nitrogen and oxygen atoms in total. The van der Waals surface area contributed by atoms with Gasteiger partial charge < -0.3 is 5.32 Å². The summed E-state index contributed by atoms with van der Waals surface area (Å²) in [6.45, 7) is 6.22. The third-order valence-corrected chi connectivity index (χ3v) is 8.03. The number of hydrogen-bond acceptors (Lipinski definition) is 6. The molecular formula is C30H24ClN5O3S. The summed E-state index contributed by atoms with van der Waals surface area (Å²) in [6, 6.07) is 21.8. The molecule has 0 fully saturated rings. The number of thiazole rings is 1. The number of aromatic nitrogens is 3. The Morgan fingerprint density at radius 3 is 2.35 bits per heavy atom. The van der Waals surface area contributed by atoms with Gasteiger partial charge in [0.15, 0.2) is 5.82 Å². The van der Waals surface area contributed by atoms with E-state index in [2.05, 4.69) is 36.2 Å². The van der Waals surface area contributed by atoms with E-state index in [0.29, 0.717) is 32.7 Å². The summed E-state index contributed by atoms with van der Waals surface area (Å²) < 4.78 is 1.48. The number of hydrogen-bond donors (Lipinski definition) is 1. The van der Waals surface area contributed by atoms with Crippen LogP contribution in [-0.2, 0) is 15.0 Å². The number of para-hydroxylation sites is 1. The minimum Gasteiger partial charge on any atom is -0.325 e. The summed E-state index contributed by atoms with van der Waals surface area (Å²) in [7, 11) is 0. The fourth-order valence-corrected chi connectivity index (χ4v) is 5.78. The first kappa shape index (κ1) is 25.9. The SMILES string of the molecule is CC(C)(C)c1ccc(-c2nc3sc(=C4C(=O)N(CC(=O)Nc5ccc(Cl)cc5)c5ccccc54)c(=O)n3n2)cc1. The number of benzene rings is 3. The van der Waals surface area contributed by atoms with E-state index < -0.39 is 11.5 Å². The van der Waals surface area contributed by atoms with Crippen molar-refractivity contribution in [3.63, 3.8) is 0 Å². The number of halogens is 1. The fourth-order valence-electron chi connectivity index (χ4n) is 4.66. The number of amides is 2. The number of nitrogens with one attached hydrogen (secondary N) is 1. The molecule has 0 unspecified atom stereocenters. The highest BCUT2D eigenvalue weighted by atomic mass is 35.5. The molecule has 1 N–H and O–H groups in total. The highest BCUT2D eigenvalue weighted by molar-refractivity contribution is 7.15. The van der Waals surface area contributed by atoms with Crippen molar-refractivity contribution in [1.82, 2.24) is 14.6 Å². The van der Waals surface area contributed by atoms with Crippen molar-refractivity contribution >= 4 is 56.7 Å². The Bertz CT molecular complexity index is 1900. The summed E-state index contributed by atoms with van der Waals surface area (Å²) in [4.78, 5) is 46.3. The minimum atomic E-state index is -0.424. The maximum absolute atomic E-state index is 13.7. The van der Waals surface area contributed by atoms with Crippen molar-refractivity contribution in [2.45, 2.75) is 26.2 Å². The molecule has 0 aliphatic carbocycles. The summed E-state index contributed by atoms with van der Waals surface area (Å²) in [5.41, 5.74) is 3.54. The maximum atomic E-state index is 13.7. The predicted molar refractivity (Wildman–Crippen MR) is 158 cm³/mol. The normalized spacial score (nSPS) is 14.6. The summed E-state index contributed by atoms with van der Waals surface area (Å²) in [6.07, 6.45) is 0. The van der Waals surface area contributed by atoms with E-state index >= 15 is 0 Å². The fraction of sp³-hybridized carbons (Fsp3) is 0.167. The van der Waals surface area contributed by atoms with E-state index in [1.54, 1.807) is 48.5 Å². The van der Waals surface area contributed by atoms with Gasteiger partial charge >= 0.3 is 0 Å². The van der Waals surface area contributed by atoms with Gasteiger partial charge in [-0.25, -0.2) is 0 Å². The topological polar surface area (TPSA) is 96.7 Å². The smallest absolute Gasteiger partial charge is 0.291 e. The Labute approximate surface area is 238 Å². The van der Waals surface area contributed by atoms with Crippen LogP contribution in [0.3, 0.4) is 0 Å². The lowest BCUT2D eigenvalue weighted by Gasteiger charge is -2.18. The molecule has 0 spiro atoms. The Balaban J connectivity index is 1.35. The molecule has 1 aliphatic rings. The second-order valence-corrected chi connectivity index (χ2v) is 11.9. The zero-order chi connectivity index (χ0) is 28.2. The van der Waals surface area contributed by atoms with Crippen molar-refractivity contribution in [3.8, 4) is 11.4 Å². The van der Waals surface area contributed by atoms with Gasteiger partial charge in [0, 0.05) is 21.8 Å². The molecule has 0 saturated heterocycles. The molecule has 6 rings (SSSR count). The highest BCUT2D eigenvalue weighted by Crippen LogP contribution is 2.35. The summed E-state index contributed by atoms with van der Waals surface area (Å²) in [5, 5.41) is 7.79. The van der Waals surface area contributed by atoms with Crippen LogP contribution in [0.4, 0.5) is 11.4 Å². The monoisotopic (exact) mass is 569 g/mol. The van der Waals surface area contributed by atoms with Gasteiger partial charge in [0.05, 0.1) is 11.3 Å². The minimum absolute atomic E-state index is 0.0172. The van der Waals surface area contributed by atoms with Gasteiger partial charge in [-0.2, -0.15) is 9.50 Å². The van der Waals surface area contributed by atoms with Crippen LogP contribution in [-0.4, -0.2) is 33.0 Å². The zero-order valence-electron chi connectivity index (χ0n) is 21.9. The van der Waals surface area contributed by atoms with Crippen LogP contribution in [0.25, 0.3) is 21.9 Å². The van der Waals surface area contributed by atoms with E-state index in [0.717, 1.165) is 16.9 Å². The first-order chi connectivity index (χ1) is 19.1. The van der Waals surface area contributed by atoms with Gasteiger partial charge in [-0.1, -0.05) is 86.2 Å². The van der Waals surface area contributed by atoms with Crippen LogP contribution in [0.2, 0.25) is 5.02 Å². The second-order valence-electron chi connectivity index (χ2n) is 10.5.